The molecular weight excluding hydrogens is 344 g/mol. The number of aromatic nitrogens is 1. The minimum absolute atomic E-state index is 0.0961. The van der Waals surface area contributed by atoms with Crippen LogP contribution in [0.2, 0.25) is 0 Å². The molecule has 0 aromatic carbocycles. The van der Waals surface area contributed by atoms with Crippen molar-refractivity contribution < 1.29 is 18.7 Å². The first kappa shape index (κ1) is 16.5. The van der Waals surface area contributed by atoms with Gasteiger partial charge >= 0.3 is 0 Å². The molecule has 1 fully saturated rings. The summed E-state index contributed by atoms with van der Waals surface area (Å²) in [7, 11) is 0. The van der Waals surface area contributed by atoms with Crippen molar-refractivity contribution >= 4 is 43.2 Å². The molecule has 1 amide bonds. The molecule has 9 heteroatoms. The number of rotatable bonds is 6. The lowest BCUT2D eigenvalue weighted by Gasteiger charge is -2.20. The van der Waals surface area contributed by atoms with E-state index in [1.54, 1.807) is 6.07 Å². The van der Waals surface area contributed by atoms with E-state index in [1.807, 2.05) is 0 Å². The number of amides is 1. The van der Waals surface area contributed by atoms with Crippen LogP contribution in [0.15, 0.2) is 6.07 Å². The molecule has 0 unspecified atom stereocenters. The highest BCUT2D eigenvalue weighted by Crippen LogP contribution is 2.36. The van der Waals surface area contributed by atoms with E-state index in [1.165, 1.54) is 35.5 Å². The van der Waals surface area contributed by atoms with Crippen molar-refractivity contribution in [2.75, 3.05) is 37.7 Å². The zero-order chi connectivity index (χ0) is 16.4. The fourth-order valence-corrected chi connectivity index (χ4v) is 4.82. The average Bonchev–Trinajstić information content (AvgIpc) is 3.20. The van der Waals surface area contributed by atoms with Crippen LogP contribution < -0.4 is 4.90 Å². The van der Waals surface area contributed by atoms with Crippen molar-refractivity contribution in [3.63, 3.8) is 0 Å². The van der Waals surface area contributed by atoms with Gasteiger partial charge in [0, 0.05) is 19.6 Å². The first-order valence-corrected chi connectivity index (χ1v) is 9.05. The Morgan fingerprint density at radius 3 is 2.74 bits per heavy atom. The van der Waals surface area contributed by atoms with Crippen molar-refractivity contribution in [1.82, 2.24) is 9.88 Å². The number of alkyl halides is 2. The molecule has 1 aliphatic rings. The first-order chi connectivity index (χ1) is 11.1. The summed E-state index contributed by atoms with van der Waals surface area (Å²) in [6.45, 7) is 0.907. The van der Waals surface area contributed by atoms with E-state index in [4.69, 9.17) is 5.11 Å². The fraction of sp³-hybridized carbons (Fsp3) is 0.571. The lowest BCUT2D eigenvalue weighted by Crippen LogP contribution is -2.36. The molecule has 0 spiro atoms. The van der Waals surface area contributed by atoms with Crippen molar-refractivity contribution in [3.05, 3.63) is 10.9 Å². The van der Waals surface area contributed by atoms with Gasteiger partial charge in [0.1, 0.15) is 4.83 Å². The van der Waals surface area contributed by atoms with Gasteiger partial charge in [-0.1, -0.05) is 11.3 Å². The molecule has 2 aromatic rings. The predicted molar refractivity (Wildman–Crippen MR) is 87.9 cm³/mol. The van der Waals surface area contributed by atoms with Crippen LogP contribution in [0, 0.1) is 0 Å². The number of aliphatic hydroxyl groups excluding tert-OH is 1. The molecule has 0 atom stereocenters. The van der Waals surface area contributed by atoms with Gasteiger partial charge in [0.2, 0.25) is 0 Å². The number of anilines is 1. The number of halogens is 2. The van der Waals surface area contributed by atoms with Crippen molar-refractivity contribution in [1.29, 1.82) is 0 Å². The molecule has 3 rings (SSSR count). The lowest BCUT2D eigenvalue weighted by molar-refractivity contribution is 0.0513. The molecule has 0 radical (unpaired) electrons. The summed E-state index contributed by atoms with van der Waals surface area (Å²) in [5.41, 5.74) is 0. The summed E-state index contributed by atoms with van der Waals surface area (Å²) in [6, 6.07) is 1.72. The summed E-state index contributed by atoms with van der Waals surface area (Å²) in [6.07, 6.45) is -0.284. The van der Waals surface area contributed by atoms with Crippen LogP contribution in [0.4, 0.5) is 13.9 Å². The van der Waals surface area contributed by atoms with Gasteiger partial charge < -0.3 is 14.9 Å². The van der Waals surface area contributed by atoms with Gasteiger partial charge in [0.05, 0.1) is 22.7 Å². The van der Waals surface area contributed by atoms with Crippen LogP contribution in [0.5, 0.6) is 0 Å². The monoisotopic (exact) mass is 361 g/mol. The Hall–Kier alpha value is -1.32. The van der Waals surface area contributed by atoms with Crippen LogP contribution in [0.3, 0.4) is 0 Å². The molecule has 1 saturated heterocycles. The average molecular weight is 361 g/mol. The standard InChI is InChI=1S/C14H17F2N3O2S2/c15-11(16)8-19(5-6-20)13(21)10-7-9-12(22-10)17-14(23-9)18-3-1-2-4-18/h7,11,20H,1-6,8H2. The molecular formula is C14H17F2N3O2S2. The van der Waals surface area contributed by atoms with E-state index in [0.29, 0.717) is 4.88 Å². The first-order valence-electron chi connectivity index (χ1n) is 7.42. The van der Waals surface area contributed by atoms with Crippen LogP contribution in [0.1, 0.15) is 22.5 Å². The second-order valence-corrected chi connectivity index (χ2v) is 7.38. The number of fused-ring (bicyclic) bond motifs is 1. The summed E-state index contributed by atoms with van der Waals surface area (Å²) in [5, 5.41) is 9.91. The Morgan fingerprint density at radius 1 is 1.39 bits per heavy atom. The summed E-state index contributed by atoms with van der Waals surface area (Å²) in [5.74, 6) is -0.475. The van der Waals surface area contributed by atoms with E-state index < -0.39 is 18.9 Å². The zero-order valence-electron chi connectivity index (χ0n) is 12.4. The molecule has 0 bridgehead atoms. The topological polar surface area (TPSA) is 56.7 Å². The Labute approximate surface area is 140 Å². The molecule has 3 heterocycles. The number of carbonyl (C=O) groups is 1. The highest BCUT2D eigenvalue weighted by atomic mass is 32.1. The van der Waals surface area contributed by atoms with Gasteiger partial charge in [-0.3, -0.25) is 4.79 Å². The Kier molecular flexibility index (Phi) is 5.08. The minimum Gasteiger partial charge on any atom is -0.395 e. The van der Waals surface area contributed by atoms with Gasteiger partial charge in [-0.15, -0.1) is 11.3 Å². The number of hydrogen-bond donors (Lipinski definition) is 1. The zero-order valence-corrected chi connectivity index (χ0v) is 14.0. The summed E-state index contributed by atoms with van der Waals surface area (Å²) in [4.78, 5) is 21.3. The molecule has 1 N–H and O–H groups in total. The third-order valence-electron chi connectivity index (χ3n) is 3.68. The van der Waals surface area contributed by atoms with E-state index >= 15 is 0 Å². The predicted octanol–water partition coefficient (Wildman–Crippen LogP) is 2.66. The Bertz CT molecular complexity index is 651. The van der Waals surface area contributed by atoms with Gasteiger partial charge in [-0.25, -0.2) is 13.8 Å². The fourth-order valence-electron chi connectivity index (χ4n) is 2.59. The maximum Gasteiger partial charge on any atom is 0.264 e. The van der Waals surface area contributed by atoms with Crippen molar-refractivity contribution in [2.24, 2.45) is 0 Å². The van der Waals surface area contributed by atoms with Crippen molar-refractivity contribution in [2.45, 2.75) is 19.3 Å². The summed E-state index contributed by atoms with van der Waals surface area (Å²) < 4.78 is 26.0. The van der Waals surface area contributed by atoms with Gasteiger partial charge in [-0.2, -0.15) is 0 Å². The lowest BCUT2D eigenvalue weighted by atomic mass is 10.3. The Balaban J connectivity index is 1.78. The number of carbonyl (C=O) groups excluding carboxylic acids is 1. The molecule has 126 valence electrons. The highest BCUT2D eigenvalue weighted by Gasteiger charge is 2.23. The van der Waals surface area contributed by atoms with Crippen LogP contribution in [-0.4, -0.2) is 60.1 Å². The number of aliphatic hydroxyl groups is 1. The third kappa shape index (κ3) is 3.61. The third-order valence-corrected chi connectivity index (χ3v) is 5.89. The van der Waals surface area contributed by atoms with E-state index in [2.05, 4.69) is 9.88 Å². The largest absolute Gasteiger partial charge is 0.395 e. The quantitative estimate of drug-likeness (QED) is 0.859. The normalized spacial score (nSPS) is 15.0. The van der Waals surface area contributed by atoms with Crippen molar-refractivity contribution in [3.8, 4) is 0 Å². The maximum absolute atomic E-state index is 12.6. The molecule has 2 aromatic heterocycles. The van der Waals surface area contributed by atoms with Crippen LogP contribution in [0.25, 0.3) is 9.53 Å². The Morgan fingerprint density at radius 2 is 2.13 bits per heavy atom. The van der Waals surface area contributed by atoms with Gasteiger partial charge in [0.15, 0.2) is 5.13 Å². The van der Waals surface area contributed by atoms with Gasteiger partial charge in [0.25, 0.3) is 12.3 Å². The number of hydrogen-bond acceptors (Lipinski definition) is 6. The second-order valence-electron chi connectivity index (χ2n) is 5.34. The molecule has 1 aliphatic heterocycles. The molecule has 5 nitrogen and oxygen atoms in total. The minimum atomic E-state index is -2.62. The highest BCUT2D eigenvalue weighted by molar-refractivity contribution is 7.29. The van der Waals surface area contributed by atoms with E-state index in [0.717, 1.165) is 32.7 Å². The molecule has 0 saturated carbocycles. The molecule has 0 aliphatic carbocycles. The smallest absolute Gasteiger partial charge is 0.264 e. The van der Waals surface area contributed by atoms with E-state index in [9.17, 15) is 13.6 Å². The van der Waals surface area contributed by atoms with Crippen LogP contribution >= 0.6 is 22.7 Å². The summed E-state index contributed by atoms with van der Waals surface area (Å²) >= 11 is 2.75. The maximum atomic E-state index is 12.6. The SMILES string of the molecule is O=C(c1cc2sc(N3CCCC3)nc2s1)N(CCO)CC(F)F. The second kappa shape index (κ2) is 7.06. The number of thiazole rings is 1. The number of nitrogens with zero attached hydrogens (tertiary/aromatic N) is 3. The van der Waals surface area contributed by atoms with Crippen LogP contribution in [-0.2, 0) is 0 Å². The van der Waals surface area contributed by atoms with E-state index in [-0.39, 0.29) is 13.2 Å². The van der Waals surface area contributed by atoms with Gasteiger partial charge in [-0.05, 0) is 18.9 Å². The number of thiophene rings is 1. The molecule has 23 heavy (non-hydrogen) atoms.